The Labute approximate surface area is 174 Å². The van der Waals surface area contributed by atoms with E-state index in [1.807, 2.05) is 0 Å². The number of hydrazine groups is 1. The number of aromatic nitrogens is 2. The molecule has 2 N–H and O–H groups in total. The van der Waals surface area contributed by atoms with Crippen molar-refractivity contribution >= 4 is 11.7 Å². The number of anilines is 1. The lowest BCUT2D eigenvalue weighted by Gasteiger charge is -2.61. The van der Waals surface area contributed by atoms with E-state index < -0.39 is 5.91 Å². The lowest BCUT2D eigenvalue weighted by Crippen LogP contribution is -2.66. The van der Waals surface area contributed by atoms with Crippen LogP contribution in [-0.4, -0.2) is 39.7 Å². The number of nitrogens with two attached hydrogens (primary N) is 1. The predicted octanol–water partition coefficient (Wildman–Crippen LogP) is 3.73. The second-order valence-corrected chi connectivity index (χ2v) is 10.3. The van der Waals surface area contributed by atoms with Crippen LogP contribution in [0.1, 0.15) is 87.7 Å². The molecule has 0 radical (unpaired) electrons. The van der Waals surface area contributed by atoms with Crippen LogP contribution in [-0.2, 0) is 0 Å². The molecular formula is C23H35N5O. The Bertz CT molecular complexity index is 763. The first-order valence-electron chi connectivity index (χ1n) is 11.7. The van der Waals surface area contributed by atoms with Crippen molar-refractivity contribution in [1.82, 2.24) is 15.2 Å². The van der Waals surface area contributed by atoms with Gasteiger partial charge in [-0.05, 0) is 86.2 Å². The first-order chi connectivity index (χ1) is 14.0. The van der Waals surface area contributed by atoms with E-state index in [0.717, 1.165) is 48.0 Å². The average Bonchev–Trinajstić information content (AvgIpc) is 2.65. The van der Waals surface area contributed by atoms with Crippen LogP contribution >= 0.6 is 0 Å². The molecule has 4 aliphatic carbocycles. The number of rotatable bonds is 6. The molecule has 1 aliphatic heterocycles. The SMILES string of the molecule is CCC1CCN1N(c1cc(C(C)C)c(C(N)=O)nn1)C1C2CC3CC(C2)CC1C3. The highest BCUT2D eigenvalue weighted by Crippen LogP contribution is 2.56. The molecule has 4 saturated carbocycles. The third-order valence-corrected chi connectivity index (χ3v) is 8.22. The number of primary amides is 1. The van der Waals surface area contributed by atoms with Gasteiger partial charge in [0.15, 0.2) is 11.5 Å². The van der Waals surface area contributed by atoms with E-state index in [0.29, 0.717) is 17.8 Å². The highest BCUT2D eigenvalue weighted by atomic mass is 16.1. The van der Waals surface area contributed by atoms with Gasteiger partial charge in [-0.15, -0.1) is 10.2 Å². The molecule has 2 heterocycles. The number of carbonyl (C=O) groups excluding carboxylic acids is 1. The second kappa shape index (κ2) is 7.22. The maximum absolute atomic E-state index is 11.9. The van der Waals surface area contributed by atoms with Crippen molar-refractivity contribution in [1.29, 1.82) is 0 Å². The minimum atomic E-state index is -0.482. The fourth-order valence-electron chi connectivity index (χ4n) is 7.02. The molecule has 29 heavy (non-hydrogen) atoms. The maximum atomic E-state index is 11.9. The zero-order valence-corrected chi connectivity index (χ0v) is 18.1. The minimum absolute atomic E-state index is 0.186. The van der Waals surface area contributed by atoms with Gasteiger partial charge in [-0.3, -0.25) is 9.80 Å². The van der Waals surface area contributed by atoms with Crippen LogP contribution in [0.3, 0.4) is 0 Å². The summed E-state index contributed by atoms with van der Waals surface area (Å²) in [5.41, 5.74) is 6.84. The summed E-state index contributed by atoms with van der Waals surface area (Å²) in [4.78, 5) is 11.9. The van der Waals surface area contributed by atoms with Crippen molar-refractivity contribution in [2.24, 2.45) is 29.4 Å². The number of carbonyl (C=O) groups is 1. The Kier molecular flexibility index (Phi) is 4.80. The molecule has 6 nitrogen and oxygen atoms in total. The van der Waals surface area contributed by atoms with Gasteiger partial charge in [0.25, 0.3) is 5.91 Å². The van der Waals surface area contributed by atoms with E-state index in [4.69, 9.17) is 5.73 Å². The van der Waals surface area contributed by atoms with Crippen molar-refractivity contribution in [3.63, 3.8) is 0 Å². The van der Waals surface area contributed by atoms with Crippen LogP contribution in [0.15, 0.2) is 6.07 Å². The van der Waals surface area contributed by atoms with Gasteiger partial charge in [0, 0.05) is 12.6 Å². The first-order valence-corrected chi connectivity index (χ1v) is 11.7. The van der Waals surface area contributed by atoms with Gasteiger partial charge in [0.05, 0.1) is 6.04 Å². The van der Waals surface area contributed by atoms with Gasteiger partial charge >= 0.3 is 0 Å². The topological polar surface area (TPSA) is 75.3 Å². The molecule has 1 atom stereocenters. The number of nitrogens with zero attached hydrogens (tertiary/aromatic N) is 4. The van der Waals surface area contributed by atoms with Gasteiger partial charge in [-0.2, -0.15) is 0 Å². The van der Waals surface area contributed by atoms with Gasteiger partial charge in [-0.1, -0.05) is 20.8 Å². The summed E-state index contributed by atoms with van der Waals surface area (Å²) < 4.78 is 0. The minimum Gasteiger partial charge on any atom is -0.364 e. The monoisotopic (exact) mass is 397 g/mol. The lowest BCUT2D eigenvalue weighted by atomic mass is 9.54. The van der Waals surface area contributed by atoms with E-state index in [-0.39, 0.29) is 5.92 Å². The van der Waals surface area contributed by atoms with Gasteiger partial charge in [0.2, 0.25) is 0 Å². The quantitative estimate of drug-likeness (QED) is 0.792. The summed E-state index contributed by atoms with van der Waals surface area (Å²) in [6, 6.07) is 3.23. The smallest absolute Gasteiger partial charge is 0.269 e. The molecule has 0 aromatic carbocycles. The van der Waals surface area contributed by atoms with E-state index >= 15 is 0 Å². The predicted molar refractivity (Wildman–Crippen MR) is 113 cm³/mol. The average molecular weight is 398 g/mol. The number of amides is 1. The molecule has 158 valence electrons. The van der Waals surface area contributed by atoms with Gasteiger partial charge in [-0.25, -0.2) is 5.01 Å². The van der Waals surface area contributed by atoms with Crippen molar-refractivity contribution in [2.75, 3.05) is 11.6 Å². The molecule has 4 bridgehead atoms. The molecule has 1 amide bonds. The summed E-state index contributed by atoms with van der Waals surface area (Å²) in [6.07, 6.45) is 9.39. The summed E-state index contributed by atoms with van der Waals surface area (Å²) >= 11 is 0. The van der Waals surface area contributed by atoms with Crippen LogP contribution in [0.25, 0.3) is 0 Å². The molecule has 1 aromatic rings. The van der Waals surface area contributed by atoms with E-state index in [1.54, 1.807) is 0 Å². The fraction of sp³-hybridized carbons (Fsp3) is 0.783. The van der Waals surface area contributed by atoms with E-state index in [2.05, 4.69) is 47.1 Å². The lowest BCUT2D eigenvalue weighted by molar-refractivity contribution is -0.0443. The van der Waals surface area contributed by atoms with Crippen LogP contribution in [0.2, 0.25) is 0 Å². The zero-order chi connectivity index (χ0) is 20.3. The van der Waals surface area contributed by atoms with Crippen molar-refractivity contribution < 1.29 is 4.79 Å². The molecular weight excluding hydrogens is 362 g/mol. The Hall–Kier alpha value is -1.69. The van der Waals surface area contributed by atoms with Gasteiger partial charge < -0.3 is 5.73 Å². The highest BCUT2D eigenvalue weighted by molar-refractivity contribution is 5.92. The van der Waals surface area contributed by atoms with E-state index in [9.17, 15) is 4.79 Å². The van der Waals surface area contributed by atoms with E-state index in [1.165, 1.54) is 38.5 Å². The Morgan fingerprint density at radius 3 is 2.31 bits per heavy atom. The van der Waals surface area contributed by atoms with Crippen molar-refractivity contribution in [3.05, 3.63) is 17.3 Å². The number of hydrogen-bond acceptors (Lipinski definition) is 5. The summed E-state index contributed by atoms with van der Waals surface area (Å²) in [7, 11) is 0. The van der Waals surface area contributed by atoms with Crippen LogP contribution in [0.4, 0.5) is 5.82 Å². The third-order valence-electron chi connectivity index (χ3n) is 8.22. The molecule has 5 fully saturated rings. The number of hydrogen-bond donors (Lipinski definition) is 1. The standard InChI is InChI=1S/C23H35N5O/c1-4-18-5-6-27(18)28(20-12-19(13(2)3)21(23(24)29)26-25-20)22-16-8-14-7-15(10-16)11-17(22)9-14/h12-18,22H,4-11H2,1-3H3,(H2,24,29). The summed E-state index contributed by atoms with van der Waals surface area (Å²) in [5, 5.41) is 14.0. The Morgan fingerprint density at radius 1 is 1.17 bits per heavy atom. The van der Waals surface area contributed by atoms with Crippen LogP contribution in [0, 0.1) is 23.7 Å². The van der Waals surface area contributed by atoms with Crippen LogP contribution in [0.5, 0.6) is 0 Å². The maximum Gasteiger partial charge on any atom is 0.269 e. The largest absolute Gasteiger partial charge is 0.364 e. The van der Waals surface area contributed by atoms with Crippen LogP contribution < -0.4 is 10.7 Å². The highest BCUT2D eigenvalue weighted by Gasteiger charge is 2.52. The Balaban J connectivity index is 1.55. The Morgan fingerprint density at radius 2 is 1.83 bits per heavy atom. The summed E-state index contributed by atoms with van der Waals surface area (Å²) in [5.74, 6) is 4.06. The van der Waals surface area contributed by atoms with Crippen molar-refractivity contribution in [2.45, 2.75) is 83.7 Å². The molecule has 6 heteroatoms. The molecule has 6 rings (SSSR count). The molecule has 1 saturated heterocycles. The molecule has 1 aromatic heterocycles. The molecule has 5 aliphatic rings. The molecule has 1 unspecified atom stereocenters. The normalized spacial score (nSPS) is 35.7. The summed E-state index contributed by atoms with van der Waals surface area (Å²) in [6.45, 7) is 7.57. The second-order valence-electron chi connectivity index (χ2n) is 10.3. The van der Waals surface area contributed by atoms with Gasteiger partial charge in [0.1, 0.15) is 0 Å². The molecule has 0 spiro atoms. The first kappa shape index (κ1) is 19.3. The van der Waals surface area contributed by atoms with Crippen molar-refractivity contribution in [3.8, 4) is 0 Å². The zero-order valence-electron chi connectivity index (χ0n) is 18.1. The fourth-order valence-corrected chi connectivity index (χ4v) is 7.02. The third kappa shape index (κ3) is 3.15.